The summed E-state index contributed by atoms with van der Waals surface area (Å²) >= 11 is 2.36. The highest BCUT2D eigenvalue weighted by molar-refractivity contribution is 14.1. The fraction of sp³-hybridized carbons (Fsp3) is 0.100. The number of rotatable bonds is 0. The lowest BCUT2D eigenvalue weighted by Gasteiger charge is -1.96. The van der Waals surface area contributed by atoms with Crippen molar-refractivity contribution in [3.63, 3.8) is 0 Å². The maximum atomic E-state index is 2.36. The van der Waals surface area contributed by atoms with Crippen LogP contribution in [-0.2, 0) is 7.05 Å². The van der Waals surface area contributed by atoms with Crippen LogP contribution < -0.4 is 4.57 Å². The van der Waals surface area contributed by atoms with E-state index < -0.39 is 0 Å². The number of nitrogens with zero attached hydrogens (tertiary/aromatic N) is 1. The van der Waals surface area contributed by atoms with E-state index in [1.54, 1.807) is 0 Å². The van der Waals surface area contributed by atoms with Crippen LogP contribution in [0.1, 0.15) is 0 Å². The van der Waals surface area contributed by atoms with Crippen molar-refractivity contribution in [1.82, 2.24) is 0 Å². The molecular weight excluding hydrogens is 261 g/mol. The summed E-state index contributed by atoms with van der Waals surface area (Å²) in [6.45, 7) is 0. The fourth-order valence-electron chi connectivity index (χ4n) is 1.30. The van der Waals surface area contributed by atoms with Crippen LogP contribution in [0.5, 0.6) is 0 Å². The average Bonchev–Trinajstić information content (AvgIpc) is 2.04. The molecule has 1 aromatic carbocycles. The standard InChI is InChI=1S/C10H9IN/c1-12-6-5-9-8(7-12)3-2-4-10(9)11/h2-7H,1H3/q+1. The second kappa shape index (κ2) is 3.01. The molecule has 0 atom stereocenters. The Morgan fingerprint density at radius 3 is 2.92 bits per heavy atom. The maximum Gasteiger partial charge on any atom is 0.176 e. The summed E-state index contributed by atoms with van der Waals surface area (Å²) in [5.41, 5.74) is 0. The van der Waals surface area contributed by atoms with Crippen LogP contribution in [0, 0.1) is 3.57 Å². The van der Waals surface area contributed by atoms with Crippen LogP contribution in [0.3, 0.4) is 0 Å². The summed E-state index contributed by atoms with van der Waals surface area (Å²) in [6, 6.07) is 8.50. The second-order valence-electron chi connectivity index (χ2n) is 2.85. The molecule has 0 amide bonds. The van der Waals surface area contributed by atoms with Crippen LogP contribution in [0.4, 0.5) is 0 Å². The number of hydrogen-bond acceptors (Lipinski definition) is 0. The molecule has 60 valence electrons. The molecule has 0 saturated carbocycles. The molecule has 1 nitrogen and oxygen atoms in total. The van der Waals surface area contributed by atoms with Gasteiger partial charge in [-0.05, 0) is 34.7 Å². The van der Waals surface area contributed by atoms with Gasteiger partial charge in [-0.2, -0.15) is 0 Å². The van der Waals surface area contributed by atoms with Crippen LogP contribution in [-0.4, -0.2) is 0 Å². The normalized spacial score (nSPS) is 10.5. The quantitative estimate of drug-likeness (QED) is 0.510. The Kier molecular flexibility index (Phi) is 2.00. The minimum absolute atomic E-state index is 1.30. The predicted octanol–water partition coefficient (Wildman–Crippen LogP) is 2.27. The molecule has 0 fully saturated rings. The van der Waals surface area contributed by atoms with Crippen molar-refractivity contribution in [3.8, 4) is 0 Å². The van der Waals surface area contributed by atoms with Gasteiger partial charge >= 0.3 is 0 Å². The molecule has 0 aliphatic carbocycles. The third-order valence-corrected chi connectivity index (χ3v) is 2.85. The number of fused-ring (bicyclic) bond motifs is 1. The monoisotopic (exact) mass is 270 g/mol. The van der Waals surface area contributed by atoms with Gasteiger partial charge in [0.15, 0.2) is 12.4 Å². The first-order valence-electron chi connectivity index (χ1n) is 3.81. The van der Waals surface area contributed by atoms with Crippen molar-refractivity contribution in [1.29, 1.82) is 0 Å². The Labute approximate surface area is 85.2 Å². The first kappa shape index (κ1) is 7.98. The summed E-state index contributed by atoms with van der Waals surface area (Å²) in [5, 5.41) is 2.63. The number of pyridine rings is 1. The molecule has 2 heteroatoms. The van der Waals surface area contributed by atoms with Gasteiger partial charge in [0, 0.05) is 20.4 Å². The molecule has 0 aliphatic heterocycles. The van der Waals surface area contributed by atoms with Crippen molar-refractivity contribution >= 4 is 33.4 Å². The summed E-state index contributed by atoms with van der Waals surface area (Å²) in [5.74, 6) is 0. The smallest absolute Gasteiger partial charge is 0.176 e. The van der Waals surface area contributed by atoms with Gasteiger partial charge in [-0.1, -0.05) is 6.07 Å². The third-order valence-electron chi connectivity index (χ3n) is 1.91. The highest BCUT2D eigenvalue weighted by Gasteiger charge is 2.00. The largest absolute Gasteiger partial charge is 0.207 e. The van der Waals surface area contributed by atoms with Gasteiger partial charge in [0.25, 0.3) is 0 Å². The molecule has 0 spiro atoms. The van der Waals surface area contributed by atoms with Crippen molar-refractivity contribution in [2.45, 2.75) is 0 Å². The van der Waals surface area contributed by atoms with E-state index in [0.29, 0.717) is 0 Å². The first-order chi connectivity index (χ1) is 5.77. The zero-order valence-corrected chi connectivity index (χ0v) is 8.95. The van der Waals surface area contributed by atoms with Crippen LogP contribution in [0.2, 0.25) is 0 Å². The molecule has 1 aromatic heterocycles. The van der Waals surface area contributed by atoms with Gasteiger partial charge in [-0.3, -0.25) is 0 Å². The third kappa shape index (κ3) is 1.31. The Morgan fingerprint density at radius 2 is 2.08 bits per heavy atom. The molecule has 0 aliphatic rings. The van der Waals surface area contributed by atoms with E-state index in [1.165, 1.54) is 14.3 Å². The van der Waals surface area contributed by atoms with E-state index in [9.17, 15) is 0 Å². The van der Waals surface area contributed by atoms with E-state index >= 15 is 0 Å². The van der Waals surface area contributed by atoms with Gasteiger partial charge < -0.3 is 0 Å². The van der Waals surface area contributed by atoms with E-state index in [0.717, 1.165) is 0 Å². The van der Waals surface area contributed by atoms with Crippen LogP contribution in [0.25, 0.3) is 10.8 Å². The number of aryl methyl sites for hydroxylation is 1. The van der Waals surface area contributed by atoms with Gasteiger partial charge in [0.2, 0.25) is 0 Å². The molecule has 0 N–H and O–H groups in total. The van der Waals surface area contributed by atoms with Crippen LogP contribution in [0.15, 0.2) is 36.7 Å². The minimum atomic E-state index is 1.30. The van der Waals surface area contributed by atoms with E-state index in [4.69, 9.17) is 0 Å². The lowest BCUT2D eigenvalue weighted by molar-refractivity contribution is -0.670. The van der Waals surface area contributed by atoms with Gasteiger partial charge in [-0.25, -0.2) is 4.57 Å². The Hall–Kier alpha value is -0.640. The van der Waals surface area contributed by atoms with E-state index in [1.807, 2.05) is 7.05 Å². The number of aromatic nitrogens is 1. The molecule has 1 heterocycles. The summed E-state index contributed by atoms with van der Waals surface area (Å²) in [7, 11) is 2.04. The average molecular weight is 270 g/mol. The van der Waals surface area contributed by atoms with E-state index in [-0.39, 0.29) is 0 Å². The Balaban J connectivity index is 2.86. The topological polar surface area (TPSA) is 3.88 Å². The Bertz CT molecular complexity index is 423. The Morgan fingerprint density at radius 1 is 1.25 bits per heavy atom. The van der Waals surface area contributed by atoms with Crippen molar-refractivity contribution in [2.24, 2.45) is 7.05 Å². The molecule has 0 radical (unpaired) electrons. The predicted molar refractivity (Wildman–Crippen MR) is 57.8 cm³/mol. The molecule has 12 heavy (non-hydrogen) atoms. The van der Waals surface area contributed by atoms with Crippen molar-refractivity contribution < 1.29 is 4.57 Å². The van der Waals surface area contributed by atoms with E-state index in [2.05, 4.69) is 63.8 Å². The van der Waals surface area contributed by atoms with Crippen molar-refractivity contribution in [2.75, 3.05) is 0 Å². The fourth-order valence-corrected chi connectivity index (χ4v) is 2.00. The molecular formula is C10H9IN+. The summed E-state index contributed by atoms with van der Waals surface area (Å²) in [4.78, 5) is 0. The summed E-state index contributed by atoms with van der Waals surface area (Å²) < 4.78 is 3.38. The molecule has 2 aromatic rings. The minimum Gasteiger partial charge on any atom is -0.207 e. The lowest BCUT2D eigenvalue weighted by Crippen LogP contribution is -2.25. The maximum absolute atomic E-state index is 2.36. The summed E-state index contributed by atoms with van der Waals surface area (Å²) in [6.07, 6.45) is 4.21. The van der Waals surface area contributed by atoms with Crippen molar-refractivity contribution in [3.05, 3.63) is 40.2 Å². The first-order valence-corrected chi connectivity index (χ1v) is 4.89. The highest BCUT2D eigenvalue weighted by atomic mass is 127. The molecule has 0 unspecified atom stereocenters. The highest BCUT2D eigenvalue weighted by Crippen LogP contribution is 2.17. The molecule has 2 rings (SSSR count). The molecule has 0 bridgehead atoms. The molecule has 0 saturated heterocycles. The zero-order valence-electron chi connectivity index (χ0n) is 6.79. The van der Waals surface area contributed by atoms with Crippen LogP contribution >= 0.6 is 22.6 Å². The lowest BCUT2D eigenvalue weighted by atomic mass is 10.2. The van der Waals surface area contributed by atoms with Gasteiger partial charge in [0.1, 0.15) is 7.05 Å². The SMILES string of the molecule is C[n+]1ccc2c(I)cccc2c1. The second-order valence-corrected chi connectivity index (χ2v) is 4.02. The zero-order chi connectivity index (χ0) is 8.55. The van der Waals surface area contributed by atoms with Gasteiger partial charge in [-0.15, -0.1) is 0 Å². The van der Waals surface area contributed by atoms with Gasteiger partial charge in [0.05, 0.1) is 0 Å². The number of benzene rings is 1. The number of halogens is 1. The number of hydrogen-bond donors (Lipinski definition) is 0.